The van der Waals surface area contributed by atoms with Crippen molar-refractivity contribution >= 4 is 23.2 Å². The molecule has 1 N–H and O–H groups in total. The molecule has 1 heterocycles. The zero-order valence-corrected chi connectivity index (χ0v) is 12.4. The number of aromatic nitrogens is 4. The first kappa shape index (κ1) is 14.2. The number of hydrogen-bond donors (Lipinski definition) is 1. The second-order valence-corrected chi connectivity index (χ2v) is 5.10. The van der Waals surface area contributed by atoms with E-state index in [4.69, 9.17) is 11.6 Å². The fourth-order valence-electron chi connectivity index (χ4n) is 2.11. The van der Waals surface area contributed by atoms with Crippen molar-refractivity contribution in [3.63, 3.8) is 0 Å². The molecule has 0 aliphatic carbocycles. The van der Waals surface area contributed by atoms with Gasteiger partial charge in [0.15, 0.2) is 0 Å². The summed E-state index contributed by atoms with van der Waals surface area (Å²) in [4.78, 5) is 12.2. The molecule has 7 heteroatoms. The van der Waals surface area contributed by atoms with Crippen molar-refractivity contribution in [2.24, 2.45) is 0 Å². The molecule has 6 nitrogen and oxygen atoms in total. The Labute approximate surface area is 131 Å². The number of aryl methyl sites for hydroxylation is 1. The van der Waals surface area contributed by atoms with Crippen LogP contribution in [0.15, 0.2) is 48.8 Å². The monoisotopic (exact) mass is 313 g/mol. The van der Waals surface area contributed by atoms with Gasteiger partial charge in [0.1, 0.15) is 6.33 Å². The van der Waals surface area contributed by atoms with Crippen molar-refractivity contribution < 1.29 is 4.79 Å². The van der Waals surface area contributed by atoms with Crippen LogP contribution in [0.1, 0.15) is 15.9 Å². The number of anilines is 1. The minimum atomic E-state index is -0.250. The van der Waals surface area contributed by atoms with Gasteiger partial charge in [-0.1, -0.05) is 23.7 Å². The smallest absolute Gasteiger partial charge is 0.257 e. The van der Waals surface area contributed by atoms with E-state index in [1.165, 1.54) is 6.33 Å². The summed E-state index contributed by atoms with van der Waals surface area (Å²) in [6, 6.07) is 12.4. The third-order valence-corrected chi connectivity index (χ3v) is 3.50. The fraction of sp³-hybridized carbons (Fsp3) is 0.0667. The Hall–Kier alpha value is -2.73. The molecule has 0 aliphatic heterocycles. The standard InChI is InChI=1S/C15H12ClN5O/c1-10-8-11(6-7-14(10)21-9-17-19-20-21)18-15(22)12-4-2-3-5-13(12)16/h2-9H,1H3,(H,18,22). The largest absolute Gasteiger partial charge is 0.322 e. The number of amides is 1. The van der Waals surface area contributed by atoms with E-state index >= 15 is 0 Å². The summed E-state index contributed by atoms with van der Waals surface area (Å²) in [5, 5.41) is 14.3. The molecule has 0 saturated carbocycles. The Morgan fingerprint density at radius 1 is 1.23 bits per heavy atom. The van der Waals surface area contributed by atoms with Crippen LogP contribution in [0.2, 0.25) is 5.02 Å². The Balaban J connectivity index is 1.83. The van der Waals surface area contributed by atoms with Crippen LogP contribution in [-0.4, -0.2) is 26.1 Å². The van der Waals surface area contributed by atoms with E-state index in [1.54, 1.807) is 35.0 Å². The SMILES string of the molecule is Cc1cc(NC(=O)c2ccccc2Cl)ccc1-n1cnnn1. The quantitative estimate of drug-likeness (QED) is 0.807. The number of carbonyl (C=O) groups excluding carboxylic acids is 1. The summed E-state index contributed by atoms with van der Waals surface area (Å²) < 4.78 is 1.56. The van der Waals surface area contributed by atoms with Crippen LogP contribution in [0.3, 0.4) is 0 Å². The van der Waals surface area contributed by atoms with E-state index in [9.17, 15) is 4.79 Å². The highest BCUT2D eigenvalue weighted by molar-refractivity contribution is 6.34. The number of halogens is 1. The van der Waals surface area contributed by atoms with Gasteiger partial charge in [-0.15, -0.1) is 5.10 Å². The second-order valence-electron chi connectivity index (χ2n) is 4.69. The van der Waals surface area contributed by atoms with Crippen molar-refractivity contribution in [3.05, 3.63) is 64.9 Å². The van der Waals surface area contributed by atoms with Crippen LogP contribution in [0.25, 0.3) is 5.69 Å². The highest BCUT2D eigenvalue weighted by Gasteiger charge is 2.11. The number of nitrogens with zero attached hydrogens (tertiary/aromatic N) is 4. The van der Waals surface area contributed by atoms with Gasteiger partial charge in [-0.2, -0.15) is 0 Å². The average molecular weight is 314 g/mol. The van der Waals surface area contributed by atoms with E-state index in [-0.39, 0.29) is 5.91 Å². The fourth-order valence-corrected chi connectivity index (χ4v) is 2.33. The van der Waals surface area contributed by atoms with Crippen LogP contribution < -0.4 is 5.32 Å². The third kappa shape index (κ3) is 2.82. The number of rotatable bonds is 3. The van der Waals surface area contributed by atoms with Gasteiger partial charge in [0.2, 0.25) is 0 Å². The van der Waals surface area contributed by atoms with Gasteiger partial charge >= 0.3 is 0 Å². The molecular formula is C15H12ClN5O. The molecule has 110 valence electrons. The molecule has 1 amide bonds. The van der Waals surface area contributed by atoms with Crippen LogP contribution >= 0.6 is 11.6 Å². The van der Waals surface area contributed by atoms with Gasteiger partial charge in [-0.3, -0.25) is 4.79 Å². The van der Waals surface area contributed by atoms with E-state index in [1.807, 2.05) is 19.1 Å². The lowest BCUT2D eigenvalue weighted by atomic mass is 10.1. The van der Waals surface area contributed by atoms with Gasteiger partial charge in [0, 0.05) is 5.69 Å². The molecule has 0 saturated heterocycles. The Bertz CT molecular complexity index is 817. The molecule has 0 bridgehead atoms. The number of carbonyl (C=O) groups is 1. The maximum Gasteiger partial charge on any atom is 0.257 e. The molecule has 2 aromatic carbocycles. The van der Waals surface area contributed by atoms with Crippen LogP contribution in [-0.2, 0) is 0 Å². The molecule has 0 fully saturated rings. The minimum Gasteiger partial charge on any atom is -0.322 e. The molecule has 0 atom stereocenters. The lowest BCUT2D eigenvalue weighted by molar-refractivity contribution is 0.102. The Kier molecular flexibility index (Phi) is 3.84. The molecule has 1 aromatic heterocycles. The summed E-state index contributed by atoms with van der Waals surface area (Å²) in [5.41, 5.74) is 2.90. The van der Waals surface area contributed by atoms with Crippen molar-refractivity contribution in [2.45, 2.75) is 6.92 Å². The predicted octanol–water partition coefficient (Wildman–Crippen LogP) is 2.88. The van der Waals surface area contributed by atoms with Gasteiger partial charge in [0.05, 0.1) is 16.3 Å². The summed E-state index contributed by atoms with van der Waals surface area (Å²) in [7, 11) is 0. The average Bonchev–Trinajstić information content (AvgIpc) is 3.01. The van der Waals surface area contributed by atoms with E-state index in [0.29, 0.717) is 16.3 Å². The van der Waals surface area contributed by atoms with Gasteiger partial charge < -0.3 is 5.32 Å². The number of tetrazole rings is 1. The number of hydrogen-bond acceptors (Lipinski definition) is 4. The first-order valence-corrected chi connectivity index (χ1v) is 6.93. The molecular weight excluding hydrogens is 302 g/mol. The number of benzene rings is 2. The molecule has 3 aromatic rings. The number of nitrogens with one attached hydrogen (secondary N) is 1. The van der Waals surface area contributed by atoms with Gasteiger partial charge in [-0.05, 0) is 53.2 Å². The summed E-state index contributed by atoms with van der Waals surface area (Å²) in [6.45, 7) is 1.92. The summed E-state index contributed by atoms with van der Waals surface area (Å²) in [5.74, 6) is -0.250. The molecule has 0 unspecified atom stereocenters. The first-order valence-electron chi connectivity index (χ1n) is 6.55. The van der Waals surface area contributed by atoms with Crippen molar-refractivity contribution in [1.82, 2.24) is 20.2 Å². The highest BCUT2D eigenvalue weighted by atomic mass is 35.5. The molecule has 0 spiro atoms. The summed E-state index contributed by atoms with van der Waals surface area (Å²) >= 11 is 6.02. The minimum absolute atomic E-state index is 0.250. The molecule has 0 radical (unpaired) electrons. The van der Waals surface area contributed by atoms with Gasteiger partial charge in [-0.25, -0.2) is 4.68 Å². The Morgan fingerprint density at radius 2 is 2.05 bits per heavy atom. The maximum atomic E-state index is 12.2. The first-order chi connectivity index (χ1) is 10.6. The maximum absolute atomic E-state index is 12.2. The molecule has 22 heavy (non-hydrogen) atoms. The second kappa shape index (κ2) is 5.95. The lowest BCUT2D eigenvalue weighted by Crippen LogP contribution is -2.12. The van der Waals surface area contributed by atoms with Crippen LogP contribution in [0, 0.1) is 6.92 Å². The molecule has 3 rings (SSSR count). The molecule has 0 aliphatic rings. The van der Waals surface area contributed by atoms with Crippen molar-refractivity contribution in [3.8, 4) is 5.69 Å². The van der Waals surface area contributed by atoms with Crippen molar-refractivity contribution in [2.75, 3.05) is 5.32 Å². The normalized spacial score (nSPS) is 10.5. The summed E-state index contributed by atoms with van der Waals surface area (Å²) in [6.07, 6.45) is 1.52. The van der Waals surface area contributed by atoms with Crippen LogP contribution in [0.5, 0.6) is 0 Å². The third-order valence-electron chi connectivity index (χ3n) is 3.17. The highest BCUT2D eigenvalue weighted by Crippen LogP contribution is 2.20. The Morgan fingerprint density at radius 3 is 2.73 bits per heavy atom. The zero-order valence-electron chi connectivity index (χ0n) is 11.7. The van der Waals surface area contributed by atoms with E-state index in [2.05, 4.69) is 20.8 Å². The van der Waals surface area contributed by atoms with E-state index < -0.39 is 0 Å². The van der Waals surface area contributed by atoms with Crippen LogP contribution in [0.4, 0.5) is 5.69 Å². The topological polar surface area (TPSA) is 72.7 Å². The predicted molar refractivity (Wildman–Crippen MR) is 83.3 cm³/mol. The zero-order chi connectivity index (χ0) is 15.5. The lowest BCUT2D eigenvalue weighted by Gasteiger charge is -2.10. The van der Waals surface area contributed by atoms with Crippen molar-refractivity contribution in [1.29, 1.82) is 0 Å². The van der Waals surface area contributed by atoms with E-state index in [0.717, 1.165) is 11.3 Å². The van der Waals surface area contributed by atoms with Gasteiger partial charge in [0.25, 0.3) is 5.91 Å².